The van der Waals surface area contributed by atoms with Gasteiger partial charge in [0.25, 0.3) is 0 Å². The molecular formula is C47H35N3S2. The first kappa shape index (κ1) is 29.6. The molecule has 250 valence electrons. The smallest absolute Gasteiger partial charge is 0.165 e. The van der Waals surface area contributed by atoms with Crippen LogP contribution in [0.25, 0.3) is 85.3 Å². The lowest BCUT2D eigenvalue weighted by molar-refractivity contribution is -0.00449. The van der Waals surface area contributed by atoms with Gasteiger partial charge in [0.1, 0.15) is 0 Å². The molecule has 3 nitrogen and oxygen atoms in total. The Hall–Kier alpha value is -4.97. The third-order valence-corrected chi connectivity index (χ3v) is 15.1. The van der Waals surface area contributed by atoms with Gasteiger partial charge in [0.15, 0.2) is 17.5 Å². The van der Waals surface area contributed by atoms with Crippen molar-refractivity contribution >= 4 is 73.8 Å². The molecule has 0 atom stereocenters. The second kappa shape index (κ2) is 11.0. The highest BCUT2D eigenvalue weighted by atomic mass is 32.1. The molecule has 0 amide bonds. The van der Waals surface area contributed by atoms with E-state index in [2.05, 4.69) is 121 Å². The molecule has 52 heavy (non-hydrogen) atoms. The Morgan fingerprint density at radius 2 is 0.846 bits per heavy atom. The fourth-order valence-corrected chi connectivity index (χ4v) is 13.4. The molecule has 3 aromatic heterocycles. The van der Waals surface area contributed by atoms with E-state index in [9.17, 15) is 0 Å². The maximum atomic E-state index is 5.40. The van der Waals surface area contributed by atoms with Crippen LogP contribution in [0.2, 0.25) is 0 Å². The van der Waals surface area contributed by atoms with Gasteiger partial charge < -0.3 is 0 Å². The minimum atomic E-state index is 0.302. The van der Waals surface area contributed by atoms with Gasteiger partial charge in [-0.2, -0.15) is 0 Å². The Kier molecular flexibility index (Phi) is 6.27. The van der Waals surface area contributed by atoms with E-state index in [4.69, 9.17) is 15.0 Å². The number of rotatable bonds is 4. The van der Waals surface area contributed by atoms with Crippen molar-refractivity contribution in [1.82, 2.24) is 15.0 Å². The highest BCUT2D eigenvalue weighted by Crippen LogP contribution is 2.61. The van der Waals surface area contributed by atoms with Gasteiger partial charge in [0, 0.05) is 57.0 Å². The molecule has 6 aromatic carbocycles. The van der Waals surface area contributed by atoms with Crippen molar-refractivity contribution in [3.63, 3.8) is 0 Å². The van der Waals surface area contributed by atoms with Crippen LogP contribution in [0.15, 0.2) is 121 Å². The zero-order chi connectivity index (χ0) is 34.0. The molecule has 0 aliphatic heterocycles. The number of aromatic nitrogens is 3. The summed E-state index contributed by atoms with van der Waals surface area (Å²) < 4.78 is 4.99. The maximum absolute atomic E-state index is 5.40. The Balaban J connectivity index is 1.11. The topological polar surface area (TPSA) is 38.7 Å². The SMILES string of the molecule is c1ccc2c(c1)sc1c(-c3nc(-c4ccc(C56CC7CC(CC(C7)C5)C6)c5ccccc45)nc(-c4cccc5c4sc4ccccc45)n3)cccc12. The molecule has 4 bridgehead atoms. The third kappa shape index (κ3) is 4.33. The minimum Gasteiger partial charge on any atom is -0.208 e. The van der Waals surface area contributed by atoms with Crippen molar-refractivity contribution in [2.45, 2.75) is 43.9 Å². The van der Waals surface area contributed by atoms with E-state index in [1.54, 1.807) is 5.56 Å². The van der Waals surface area contributed by atoms with E-state index >= 15 is 0 Å². The fraction of sp³-hybridized carbons (Fsp3) is 0.213. The van der Waals surface area contributed by atoms with Crippen molar-refractivity contribution in [3.8, 4) is 34.2 Å². The number of fused-ring (bicyclic) bond motifs is 7. The minimum absolute atomic E-state index is 0.302. The zero-order valence-corrected chi connectivity index (χ0v) is 30.3. The van der Waals surface area contributed by atoms with Crippen molar-refractivity contribution in [1.29, 1.82) is 0 Å². The van der Waals surface area contributed by atoms with Crippen LogP contribution in [0.3, 0.4) is 0 Å². The van der Waals surface area contributed by atoms with E-state index in [1.807, 2.05) is 22.7 Å². The van der Waals surface area contributed by atoms with Gasteiger partial charge in [0.05, 0.1) is 0 Å². The summed E-state index contributed by atoms with van der Waals surface area (Å²) in [7, 11) is 0. The summed E-state index contributed by atoms with van der Waals surface area (Å²) in [6, 6.07) is 44.4. The average molecular weight is 706 g/mol. The van der Waals surface area contributed by atoms with Crippen molar-refractivity contribution in [3.05, 3.63) is 127 Å². The van der Waals surface area contributed by atoms with Crippen LogP contribution in [0.1, 0.15) is 44.1 Å². The predicted molar refractivity (Wildman–Crippen MR) is 219 cm³/mol. The molecule has 4 aliphatic rings. The van der Waals surface area contributed by atoms with E-state index < -0.39 is 0 Å². The number of hydrogen-bond acceptors (Lipinski definition) is 5. The molecule has 4 aliphatic carbocycles. The standard InChI is InChI=1S/C47H35N3S2/c1-2-10-31-30(9-1)36(19-20-39(31)47-24-27-21-28(25-47)23-29(22-27)26-47)44-48-45(37-15-7-13-34-32-11-3-5-17-40(32)51-42(34)37)50-46(49-44)38-16-8-14-35-33-12-4-6-18-41(33)52-43(35)38/h1-20,27-29H,21-26H2. The van der Waals surface area contributed by atoms with Gasteiger partial charge in [0.2, 0.25) is 0 Å². The molecule has 9 aromatic rings. The van der Waals surface area contributed by atoms with Gasteiger partial charge in [-0.15, -0.1) is 22.7 Å². The van der Waals surface area contributed by atoms with Crippen LogP contribution >= 0.6 is 22.7 Å². The highest BCUT2D eigenvalue weighted by Gasteiger charge is 2.52. The summed E-state index contributed by atoms with van der Waals surface area (Å²) in [5.41, 5.74) is 5.06. The largest absolute Gasteiger partial charge is 0.208 e. The van der Waals surface area contributed by atoms with Crippen LogP contribution in [-0.2, 0) is 5.41 Å². The number of thiophene rings is 2. The van der Waals surface area contributed by atoms with Gasteiger partial charge in [-0.3, -0.25) is 0 Å². The van der Waals surface area contributed by atoms with Crippen LogP contribution < -0.4 is 0 Å². The first-order valence-electron chi connectivity index (χ1n) is 18.8. The van der Waals surface area contributed by atoms with Crippen molar-refractivity contribution in [2.24, 2.45) is 17.8 Å². The second-order valence-corrected chi connectivity index (χ2v) is 17.9. The molecule has 13 rings (SSSR count). The van der Waals surface area contributed by atoms with E-state index in [0.29, 0.717) is 5.41 Å². The summed E-state index contributed by atoms with van der Waals surface area (Å²) in [5, 5.41) is 7.68. The quantitative estimate of drug-likeness (QED) is 0.183. The Morgan fingerprint density at radius 1 is 0.404 bits per heavy atom. The average Bonchev–Trinajstić information content (AvgIpc) is 3.75. The van der Waals surface area contributed by atoms with Gasteiger partial charge >= 0.3 is 0 Å². The van der Waals surface area contributed by atoms with Crippen LogP contribution in [0.4, 0.5) is 0 Å². The van der Waals surface area contributed by atoms with E-state index in [1.165, 1.54) is 89.6 Å². The van der Waals surface area contributed by atoms with Crippen LogP contribution in [0.5, 0.6) is 0 Å². The Labute approximate surface area is 310 Å². The lowest BCUT2D eigenvalue weighted by Crippen LogP contribution is -2.48. The van der Waals surface area contributed by atoms with Crippen LogP contribution in [-0.4, -0.2) is 15.0 Å². The molecule has 0 spiro atoms. The van der Waals surface area contributed by atoms with Gasteiger partial charge in [-0.05, 0) is 102 Å². The predicted octanol–water partition coefficient (Wildman–Crippen LogP) is 13.2. The molecule has 4 saturated carbocycles. The molecule has 0 N–H and O–H groups in total. The molecule has 0 radical (unpaired) electrons. The van der Waals surface area contributed by atoms with Crippen LogP contribution in [0, 0.1) is 17.8 Å². The summed E-state index contributed by atoms with van der Waals surface area (Å²) in [4.78, 5) is 16.2. The first-order chi connectivity index (χ1) is 25.7. The van der Waals surface area contributed by atoms with Gasteiger partial charge in [-0.25, -0.2) is 15.0 Å². The molecule has 4 fully saturated rings. The van der Waals surface area contributed by atoms with E-state index in [-0.39, 0.29) is 0 Å². The Bertz CT molecular complexity index is 2750. The summed E-state index contributed by atoms with van der Waals surface area (Å²) in [5.74, 6) is 4.88. The maximum Gasteiger partial charge on any atom is 0.165 e. The third-order valence-electron chi connectivity index (χ3n) is 12.7. The fourth-order valence-electron chi connectivity index (χ4n) is 11.0. The number of hydrogen-bond donors (Lipinski definition) is 0. The van der Waals surface area contributed by atoms with Crippen molar-refractivity contribution in [2.75, 3.05) is 0 Å². The lowest BCUT2D eigenvalue weighted by Gasteiger charge is -2.57. The molecule has 0 unspecified atom stereocenters. The van der Waals surface area contributed by atoms with Crippen molar-refractivity contribution < 1.29 is 0 Å². The van der Waals surface area contributed by atoms with E-state index in [0.717, 1.165) is 51.9 Å². The van der Waals surface area contributed by atoms with Gasteiger partial charge in [-0.1, -0.05) is 97.1 Å². The molecule has 3 heterocycles. The summed E-state index contributed by atoms with van der Waals surface area (Å²) in [6.07, 6.45) is 8.39. The second-order valence-electron chi connectivity index (χ2n) is 15.8. The Morgan fingerprint density at radius 3 is 1.38 bits per heavy atom. The highest BCUT2D eigenvalue weighted by molar-refractivity contribution is 7.26. The summed E-state index contributed by atoms with van der Waals surface area (Å²) in [6.45, 7) is 0. The zero-order valence-electron chi connectivity index (χ0n) is 28.7. The molecular weight excluding hydrogens is 671 g/mol. The first-order valence-corrected chi connectivity index (χ1v) is 20.4. The monoisotopic (exact) mass is 705 g/mol. The molecule has 5 heteroatoms. The number of nitrogens with zero attached hydrogens (tertiary/aromatic N) is 3. The number of benzene rings is 6. The molecule has 0 saturated heterocycles. The summed E-state index contributed by atoms with van der Waals surface area (Å²) >= 11 is 3.65. The normalized spacial score (nSPS) is 22.4. The lowest BCUT2D eigenvalue weighted by atomic mass is 9.47.